The fourth-order valence-electron chi connectivity index (χ4n) is 1.88. The number of ether oxygens (including phenoxy) is 2. The van der Waals surface area contributed by atoms with Gasteiger partial charge in [-0.1, -0.05) is 12.1 Å². The monoisotopic (exact) mass is 300 g/mol. The summed E-state index contributed by atoms with van der Waals surface area (Å²) in [6.07, 6.45) is -2.29. The van der Waals surface area contributed by atoms with Gasteiger partial charge in [-0.25, -0.2) is 8.78 Å². The van der Waals surface area contributed by atoms with Gasteiger partial charge in [0, 0.05) is 12.0 Å². The van der Waals surface area contributed by atoms with E-state index in [9.17, 15) is 18.4 Å². The van der Waals surface area contributed by atoms with E-state index >= 15 is 0 Å². The van der Waals surface area contributed by atoms with Crippen LogP contribution in [0.1, 0.15) is 36.5 Å². The van der Waals surface area contributed by atoms with E-state index in [2.05, 4.69) is 4.74 Å². The predicted octanol–water partition coefficient (Wildman–Crippen LogP) is 2.84. The smallest absolute Gasteiger partial charge is 0.309 e. The number of halogens is 2. The highest BCUT2D eigenvalue weighted by Gasteiger charge is 2.14. The van der Waals surface area contributed by atoms with Crippen molar-refractivity contribution in [3.05, 3.63) is 34.9 Å². The predicted molar refractivity (Wildman–Crippen MR) is 72.1 cm³/mol. The Morgan fingerprint density at radius 2 is 1.90 bits per heavy atom. The Balaban J connectivity index is 2.91. The average Bonchev–Trinajstić information content (AvgIpc) is 2.46. The first-order chi connectivity index (χ1) is 9.97. The van der Waals surface area contributed by atoms with Crippen molar-refractivity contribution in [2.75, 3.05) is 13.7 Å². The first-order valence-electron chi connectivity index (χ1n) is 6.60. The van der Waals surface area contributed by atoms with Gasteiger partial charge in [0.15, 0.2) is 0 Å². The Bertz CT molecular complexity index is 500. The Morgan fingerprint density at radius 1 is 1.19 bits per heavy atom. The van der Waals surface area contributed by atoms with Crippen LogP contribution in [0.4, 0.5) is 8.78 Å². The third-order valence-electron chi connectivity index (χ3n) is 2.95. The molecule has 0 amide bonds. The van der Waals surface area contributed by atoms with E-state index in [1.165, 1.54) is 25.3 Å². The van der Waals surface area contributed by atoms with Gasteiger partial charge < -0.3 is 9.47 Å². The lowest BCUT2D eigenvalue weighted by Gasteiger charge is -2.11. The van der Waals surface area contributed by atoms with E-state index in [-0.39, 0.29) is 31.4 Å². The number of methoxy groups -OCH3 is 1. The maximum absolute atomic E-state index is 12.7. The van der Waals surface area contributed by atoms with Crippen LogP contribution >= 0.6 is 0 Å². The summed E-state index contributed by atoms with van der Waals surface area (Å²) in [5.41, 5.74) is 0.976. The molecular weight excluding hydrogens is 282 g/mol. The normalized spacial score (nSPS) is 10.5. The maximum Gasteiger partial charge on any atom is 0.309 e. The molecule has 0 fully saturated rings. The molecule has 0 N–H and O–H groups in total. The molecular formula is C15H18F2O4. The minimum atomic E-state index is -2.60. The van der Waals surface area contributed by atoms with Crippen LogP contribution in [-0.2, 0) is 31.9 Å². The molecule has 116 valence electrons. The highest BCUT2D eigenvalue weighted by molar-refractivity contribution is 5.73. The van der Waals surface area contributed by atoms with E-state index in [1.54, 1.807) is 6.92 Å². The summed E-state index contributed by atoms with van der Waals surface area (Å²) in [4.78, 5) is 22.7. The van der Waals surface area contributed by atoms with Gasteiger partial charge in [-0.2, -0.15) is 0 Å². The zero-order valence-corrected chi connectivity index (χ0v) is 12.0. The Labute approximate surface area is 122 Å². The zero-order chi connectivity index (χ0) is 15.8. The molecule has 0 spiro atoms. The van der Waals surface area contributed by atoms with Crippen LogP contribution in [0.3, 0.4) is 0 Å². The van der Waals surface area contributed by atoms with Crippen molar-refractivity contribution in [3.8, 4) is 0 Å². The Hall–Kier alpha value is -1.98. The quantitative estimate of drug-likeness (QED) is 0.727. The van der Waals surface area contributed by atoms with Crippen LogP contribution < -0.4 is 0 Å². The van der Waals surface area contributed by atoms with Crippen molar-refractivity contribution in [3.63, 3.8) is 0 Å². The minimum Gasteiger partial charge on any atom is -0.469 e. The van der Waals surface area contributed by atoms with Crippen molar-refractivity contribution in [1.29, 1.82) is 0 Å². The molecule has 1 aromatic rings. The van der Waals surface area contributed by atoms with E-state index in [0.717, 1.165) is 0 Å². The first kappa shape index (κ1) is 17.1. The number of benzene rings is 1. The summed E-state index contributed by atoms with van der Waals surface area (Å²) in [6, 6.07) is 4.07. The Morgan fingerprint density at radius 3 is 2.48 bits per heavy atom. The average molecular weight is 300 g/mol. The minimum absolute atomic E-state index is 0.0157. The second kappa shape index (κ2) is 8.34. The van der Waals surface area contributed by atoms with E-state index in [1.807, 2.05) is 0 Å². The van der Waals surface area contributed by atoms with Crippen LogP contribution in [0.2, 0.25) is 0 Å². The highest BCUT2D eigenvalue weighted by Crippen LogP contribution is 2.23. The molecule has 4 nitrogen and oxygen atoms in total. The summed E-state index contributed by atoms with van der Waals surface area (Å²) in [5, 5.41) is 0. The SMILES string of the molecule is CCOC(=O)CCc1cc(C(F)F)ccc1CC(=O)OC. The third kappa shape index (κ3) is 5.49. The molecule has 0 aliphatic rings. The standard InChI is InChI=1S/C15H18F2O4/c1-3-21-13(18)7-6-10-8-12(15(16)17)5-4-11(10)9-14(19)20-2/h4-5,8,15H,3,6-7,9H2,1-2H3. The molecule has 0 atom stereocenters. The Kier molecular flexibility index (Phi) is 6.78. The van der Waals surface area contributed by atoms with Crippen LogP contribution in [0.25, 0.3) is 0 Å². The molecule has 0 unspecified atom stereocenters. The number of alkyl halides is 2. The van der Waals surface area contributed by atoms with Gasteiger partial charge in [-0.15, -0.1) is 0 Å². The lowest BCUT2D eigenvalue weighted by atomic mass is 9.98. The number of rotatable bonds is 7. The molecule has 0 aromatic heterocycles. The fraction of sp³-hybridized carbons (Fsp3) is 0.467. The lowest BCUT2D eigenvalue weighted by molar-refractivity contribution is -0.143. The number of aryl methyl sites for hydroxylation is 1. The molecule has 0 heterocycles. The molecule has 0 saturated heterocycles. The largest absolute Gasteiger partial charge is 0.469 e. The summed E-state index contributed by atoms with van der Waals surface area (Å²) in [7, 11) is 1.26. The molecule has 0 aliphatic heterocycles. The van der Waals surface area contributed by atoms with E-state index < -0.39 is 18.4 Å². The summed E-state index contributed by atoms with van der Waals surface area (Å²) >= 11 is 0. The second-order valence-electron chi connectivity index (χ2n) is 4.39. The molecule has 6 heteroatoms. The zero-order valence-electron chi connectivity index (χ0n) is 12.0. The lowest BCUT2D eigenvalue weighted by Crippen LogP contribution is -2.10. The molecule has 1 rings (SSSR count). The van der Waals surface area contributed by atoms with Crippen molar-refractivity contribution in [2.45, 2.75) is 32.6 Å². The molecule has 0 bridgehead atoms. The van der Waals surface area contributed by atoms with Gasteiger partial charge in [-0.3, -0.25) is 9.59 Å². The van der Waals surface area contributed by atoms with Crippen LogP contribution in [-0.4, -0.2) is 25.7 Å². The van der Waals surface area contributed by atoms with Crippen molar-refractivity contribution in [1.82, 2.24) is 0 Å². The first-order valence-corrected chi connectivity index (χ1v) is 6.60. The number of esters is 2. The van der Waals surface area contributed by atoms with Crippen molar-refractivity contribution in [2.24, 2.45) is 0 Å². The van der Waals surface area contributed by atoms with Gasteiger partial charge in [0.1, 0.15) is 0 Å². The molecule has 21 heavy (non-hydrogen) atoms. The second-order valence-corrected chi connectivity index (χ2v) is 4.39. The van der Waals surface area contributed by atoms with E-state index in [0.29, 0.717) is 11.1 Å². The molecule has 0 radical (unpaired) electrons. The van der Waals surface area contributed by atoms with Gasteiger partial charge >= 0.3 is 11.9 Å². The topological polar surface area (TPSA) is 52.6 Å². The number of hydrogen-bond donors (Lipinski definition) is 0. The molecule has 0 saturated carbocycles. The maximum atomic E-state index is 12.7. The summed E-state index contributed by atoms with van der Waals surface area (Å²) in [5.74, 6) is -0.860. The van der Waals surface area contributed by atoms with Gasteiger partial charge in [0.2, 0.25) is 0 Å². The highest BCUT2D eigenvalue weighted by atomic mass is 19.3. The third-order valence-corrected chi connectivity index (χ3v) is 2.95. The van der Waals surface area contributed by atoms with Crippen molar-refractivity contribution >= 4 is 11.9 Å². The fourth-order valence-corrected chi connectivity index (χ4v) is 1.88. The molecule has 1 aromatic carbocycles. The van der Waals surface area contributed by atoms with E-state index in [4.69, 9.17) is 4.74 Å². The summed E-state index contributed by atoms with van der Waals surface area (Å²) < 4.78 is 34.9. The molecule has 0 aliphatic carbocycles. The van der Waals surface area contributed by atoms with Crippen molar-refractivity contribution < 1.29 is 27.8 Å². The number of carbonyl (C=O) groups excluding carboxylic acids is 2. The number of hydrogen-bond acceptors (Lipinski definition) is 4. The summed E-state index contributed by atoms with van der Waals surface area (Å²) in [6.45, 7) is 1.96. The number of carbonyl (C=O) groups is 2. The van der Waals surface area contributed by atoms with Gasteiger partial charge in [-0.05, 0) is 30.5 Å². The van der Waals surface area contributed by atoms with Crippen LogP contribution in [0, 0.1) is 0 Å². The van der Waals surface area contributed by atoms with Crippen LogP contribution in [0.5, 0.6) is 0 Å². The van der Waals surface area contributed by atoms with Gasteiger partial charge in [0.25, 0.3) is 6.43 Å². The van der Waals surface area contributed by atoms with Crippen LogP contribution in [0.15, 0.2) is 18.2 Å². The van der Waals surface area contributed by atoms with Gasteiger partial charge in [0.05, 0.1) is 20.1 Å².